The number of nitrogens with one attached hydrogen (secondary N) is 1. The molecule has 0 saturated carbocycles. The maximum Gasteiger partial charge on any atom is 0.460 e. The summed E-state index contributed by atoms with van der Waals surface area (Å²) < 4.78 is 97.4. The molecule has 6 nitrogen and oxygen atoms in total. The number of hydrogen-bond acceptors (Lipinski definition) is 5. The van der Waals surface area contributed by atoms with Gasteiger partial charge in [-0.3, -0.25) is 0 Å². The van der Waals surface area contributed by atoms with Gasteiger partial charge in [-0.2, -0.15) is 35.9 Å². The third kappa shape index (κ3) is 4.03. The van der Waals surface area contributed by atoms with Crippen LogP contribution in [-0.2, 0) is 12.5 Å². The van der Waals surface area contributed by atoms with Crippen molar-refractivity contribution in [2.24, 2.45) is 0 Å². The molecule has 0 saturated heterocycles. The van der Waals surface area contributed by atoms with Crippen molar-refractivity contribution in [3.8, 4) is 22.5 Å². The van der Waals surface area contributed by atoms with E-state index in [-0.39, 0.29) is 11.0 Å². The molecule has 198 valence electrons. The number of tetrazole rings is 1. The van der Waals surface area contributed by atoms with Crippen LogP contribution >= 0.6 is 11.3 Å². The normalized spacial score (nSPS) is 13.0. The van der Waals surface area contributed by atoms with Crippen molar-refractivity contribution in [2.45, 2.75) is 38.4 Å². The highest BCUT2D eigenvalue weighted by Crippen LogP contribution is 2.52. The lowest BCUT2D eigenvalue weighted by atomic mass is 9.98. The van der Waals surface area contributed by atoms with Gasteiger partial charge in [0.25, 0.3) is 0 Å². The van der Waals surface area contributed by atoms with Crippen LogP contribution in [0.15, 0.2) is 48.5 Å². The standard InChI is InChI=1S/C24H17F7N6S/c1-12-18-19(13(2)38-12)37(21(32-18)22(25,26)23(27,28)24(29,30)31)11-14-7-9-15(10-8-14)16-5-3-4-6-17(16)20-33-35-36-34-20/h3-10H,11H2,1-2H3,(H,33,34,35,36). The molecule has 5 rings (SSSR count). The highest BCUT2D eigenvalue weighted by Gasteiger charge is 2.75. The van der Waals surface area contributed by atoms with Crippen molar-refractivity contribution in [3.05, 3.63) is 69.7 Å². The van der Waals surface area contributed by atoms with E-state index in [0.717, 1.165) is 10.1 Å². The Labute approximate surface area is 214 Å². The number of halogens is 7. The zero-order chi connectivity index (χ0) is 27.5. The molecule has 0 bridgehead atoms. The van der Waals surface area contributed by atoms with Crippen molar-refractivity contribution in [3.63, 3.8) is 0 Å². The Morgan fingerprint density at radius 2 is 1.53 bits per heavy atom. The van der Waals surface area contributed by atoms with Gasteiger partial charge in [0.2, 0.25) is 5.82 Å². The Hall–Kier alpha value is -3.81. The average molecular weight is 554 g/mol. The summed E-state index contributed by atoms with van der Waals surface area (Å²) in [6, 6.07) is 13.7. The van der Waals surface area contributed by atoms with Crippen LogP contribution in [0.1, 0.15) is 21.1 Å². The number of aromatic nitrogens is 6. The van der Waals surface area contributed by atoms with Crippen LogP contribution in [0.4, 0.5) is 30.7 Å². The summed E-state index contributed by atoms with van der Waals surface area (Å²) >= 11 is 1.19. The lowest BCUT2D eigenvalue weighted by Gasteiger charge is -2.28. The fourth-order valence-corrected chi connectivity index (χ4v) is 5.27. The molecule has 3 aromatic heterocycles. The lowest BCUT2D eigenvalue weighted by molar-refractivity contribution is -0.361. The second-order valence-electron chi connectivity index (χ2n) is 8.56. The molecule has 0 radical (unpaired) electrons. The van der Waals surface area contributed by atoms with Crippen molar-refractivity contribution in [1.82, 2.24) is 30.2 Å². The number of aryl methyl sites for hydroxylation is 2. The Balaban J connectivity index is 1.57. The van der Waals surface area contributed by atoms with E-state index in [9.17, 15) is 30.7 Å². The first-order valence-corrected chi connectivity index (χ1v) is 11.9. The first-order valence-electron chi connectivity index (χ1n) is 11.0. The van der Waals surface area contributed by atoms with Crippen LogP contribution in [0.3, 0.4) is 0 Å². The summed E-state index contributed by atoms with van der Waals surface area (Å²) in [5.74, 6) is -13.2. The first kappa shape index (κ1) is 25.8. The molecule has 0 aliphatic heterocycles. The van der Waals surface area contributed by atoms with Crippen molar-refractivity contribution in [2.75, 3.05) is 0 Å². The van der Waals surface area contributed by atoms with E-state index in [0.29, 0.717) is 32.3 Å². The number of rotatable bonds is 6. The highest BCUT2D eigenvalue weighted by atomic mass is 32.1. The molecule has 0 amide bonds. The van der Waals surface area contributed by atoms with Gasteiger partial charge < -0.3 is 4.57 Å². The fraction of sp³-hybridized carbons (Fsp3) is 0.250. The van der Waals surface area contributed by atoms with Crippen LogP contribution in [0, 0.1) is 13.8 Å². The topological polar surface area (TPSA) is 72.3 Å². The largest absolute Gasteiger partial charge is 0.460 e. The summed E-state index contributed by atoms with van der Waals surface area (Å²) in [6.07, 6.45) is -6.47. The van der Waals surface area contributed by atoms with E-state index in [1.807, 2.05) is 6.07 Å². The van der Waals surface area contributed by atoms with Gasteiger partial charge in [0.1, 0.15) is 5.52 Å². The zero-order valence-electron chi connectivity index (χ0n) is 19.6. The average Bonchev–Trinajstić information content (AvgIpc) is 3.58. The Kier molecular flexibility index (Phi) is 6.04. The van der Waals surface area contributed by atoms with Gasteiger partial charge in [0.15, 0.2) is 5.82 Å². The molecule has 14 heteroatoms. The van der Waals surface area contributed by atoms with Crippen LogP contribution < -0.4 is 0 Å². The van der Waals surface area contributed by atoms with Gasteiger partial charge in [-0.05, 0) is 35.8 Å². The Morgan fingerprint density at radius 3 is 2.13 bits per heavy atom. The summed E-state index contributed by atoms with van der Waals surface area (Å²) in [5.41, 5.74) is 2.57. The predicted octanol–water partition coefficient (Wildman–Crippen LogP) is 6.90. The number of nitrogens with zero attached hydrogens (tertiary/aromatic N) is 5. The molecule has 0 aliphatic carbocycles. The highest BCUT2D eigenvalue weighted by molar-refractivity contribution is 7.13. The van der Waals surface area contributed by atoms with E-state index in [2.05, 4.69) is 25.6 Å². The third-order valence-corrected chi connectivity index (χ3v) is 7.09. The quantitative estimate of drug-likeness (QED) is 0.232. The number of benzene rings is 2. The van der Waals surface area contributed by atoms with Gasteiger partial charge in [0, 0.05) is 21.9 Å². The first-order chi connectivity index (χ1) is 17.8. The monoisotopic (exact) mass is 554 g/mol. The summed E-state index contributed by atoms with van der Waals surface area (Å²) in [5, 5.41) is 13.9. The van der Waals surface area contributed by atoms with E-state index in [1.54, 1.807) is 49.4 Å². The summed E-state index contributed by atoms with van der Waals surface area (Å²) in [7, 11) is 0. The van der Waals surface area contributed by atoms with Crippen LogP contribution in [0.25, 0.3) is 33.5 Å². The molecule has 0 fully saturated rings. The number of H-pyrrole nitrogens is 1. The van der Waals surface area contributed by atoms with Crippen LogP contribution in [0.5, 0.6) is 0 Å². The molecule has 0 unspecified atom stereocenters. The summed E-state index contributed by atoms with van der Waals surface area (Å²) in [4.78, 5) is 4.50. The molecular formula is C24H17F7N6S. The molecule has 38 heavy (non-hydrogen) atoms. The Morgan fingerprint density at radius 1 is 0.868 bits per heavy atom. The smallest absolute Gasteiger partial charge is 0.317 e. The van der Waals surface area contributed by atoms with Gasteiger partial charge in [-0.1, -0.05) is 48.5 Å². The van der Waals surface area contributed by atoms with E-state index < -0.39 is 30.4 Å². The number of imidazole rings is 1. The van der Waals surface area contributed by atoms with Gasteiger partial charge >= 0.3 is 18.0 Å². The zero-order valence-corrected chi connectivity index (χ0v) is 20.4. The van der Waals surface area contributed by atoms with E-state index in [4.69, 9.17) is 0 Å². The van der Waals surface area contributed by atoms with Crippen LogP contribution in [-0.4, -0.2) is 42.3 Å². The fourth-order valence-electron chi connectivity index (χ4n) is 4.27. The van der Waals surface area contributed by atoms with Crippen molar-refractivity contribution in [1.29, 1.82) is 0 Å². The molecule has 0 spiro atoms. The van der Waals surface area contributed by atoms with Crippen molar-refractivity contribution >= 4 is 22.4 Å². The van der Waals surface area contributed by atoms with E-state index in [1.165, 1.54) is 18.3 Å². The van der Waals surface area contributed by atoms with Gasteiger partial charge in [0.05, 0.1) is 5.52 Å². The lowest BCUT2D eigenvalue weighted by Crippen LogP contribution is -2.51. The predicted molar refractivity (Wildman–Crippen MR) is 126 cm³/mol. The number of fused-ring (bicyclic) bond motifs is 1. The number of hydrogen-bond donors (Lipinski definition) is 1. The molecule has 2 aromatic carbocycles. The SMILES string of the molecule is Cc1sc(C)c2c1nc(C(F)(F)C(F)(F)C(F)(F)F)n2Cc1ccc(-c2ccccc2-c2nn[nH]n2)cc1. The molecule has 1 N–H and O–H groups in total. The molecular weight excluding hydrogens is 537 g/mol. The molecule has 0 atom stereocenters. The van der Waals surface area contributed by atoms with E-state index >= 15 is 0 Å². The number of alkyl halides is 7. The minimum atomic E-state index is -6.47. The molecule has 0 aliphatic rings. The molecule has 5 aromatic rings. The Bertz CT molecular complexity index is 1600. The minimum Gasteiger partial charge on any atom is -0.317 e. The molecule has 3 heterocycles. The summed E-state index contributed by atoms with van der Waals surface area (Å²) in [6.45, 7) is 2.70. The van der Waals surface area contributed by atoms with Crippen molar-refractivity contribution < 1.29 is 30.7 Å². The maximum absolute atomic E-state index is 14.9. The van der Waals surface area contributed by atoms with Gasteiger partial charge in [-0.25, -0.2) is 4.98 Å². The second-order valence-corrected chi connectivity index (χ2v) is 9.99. The number of thiophene rings is 1. The number of aromatic amines is 1. The van der Waals surface area contributed by atoms with Gasteiger partial charge in [-0.15, -0.1) is 21.5 Å². The maximum atomic E-state index is 14.9. The third-order valence-electron chi connectivity index (χ3n) is 6.09. The minimum absolute atomic E-state index is 0.0363. The second kappa shape index (κ2) is 8.89. The van der Waals surface area contributed by atoms with Crippen LogP contribution in [0.2, 0.25) is 0 Å².